The molecular formula is C27H24N2O6. The number of amides is 1. The van der Waals surface area contributed by atoms with Crippen LogP contribution in [0.4, 0.5) is 5.69 Å². The summed E-state index contributed by atoms with van der Waals surface area (Å²) in [6.45, 7) is 0.161. The van der Waals surface area contributed by atoms with Crippen molar-refractivity contribution in [2.75, 3.05) is 26.1 Å². The molecule has 0 aromatic heterocycles. The van der Waals surface area contributed by atoms with E-state index in [0.717, 1.165) is 5.56 Å². The Balaban J connectivity index is 1.64. The van der Waals surface area contributed by atoms with Crippen molar-refractivity contribution >= 4 is 23.6 Å². The lowest BCUT2D eigenvalue weighted by Crippen LogP contribution is -2.13. The minimum atomic E-state index is -0.560. The van der Waals surface area contributed by atoms with Crippen LogP contribution in [0, 0.1) is 11.3 Å². The number of anilines is 1. The van der Waals surface area contributed by atoms with E-state index >= 15 is 0 Å². The van der Waals surface area contributed by atoms with E-state index in [2.05, 4.69) is 10.1 Å². The molecule has 0 spiro atoms. The van der Waals surface area contributed by atoms with Crippen LogP contribution in [0.5, 0.6) is 17.2 Å². The third kappa shape index (κ3) is 7.37. The molecule has 0 heterocycles. The first-order chi connectivity index (χ1) is 17.0. The second-order valence-electron chi connectivity index (χ2n) is 7.20. The normalized spacial score (nSPS) is 10.6. The summed E-state index contributed by atoms with van der Waals surface area (Å²) < 4.78 is 20.9. The average molecular weight is 472 g/mol. The molecule has 0 saturated heterocycles. The molecule has 178 valence electrons. The molecule has 0 unspecified atom stereocenters. The van der Waals surface area contributed by atoms with Crippen molar-refractivity contribution in [3.05, 3.63) is 89.5 Å². The number of nitrogens with one attached hydrogen (secondary N) is 1. The first kappa shape index (κ1) is 24.9. The molecule has 1 amide bonds. The molecule has 0 aliphatic rings. The number of benzene rings is 3. The van der Waals surface area contributed by atoms with Crippen LogP contribution in [0.2, 0.25) is 0 Å². The second kappa shape index (κ2) is 12.5. The lowest BCUT2D eigenvalue weighted by Gasteiger charge is -2.11. The fraction of sp³-hybridized carbons (Fsp3) is 0.148. The van der Waals surface area contributed by atoms with E-state index in [1.807, 2.05) is 36.4 Å². The minimum absolute atomic E-state index is 0.0975. The number of hydrogen-bond donors (Lipinski definition) is 1. The topological polar surface area (TPSA) is 107 Å². The van der Waals surface area contributed by atoms with Crippen LogP contribution >= 0.6 is 0 Å². The molecule has 0 aliphatic heterocycles. The molecule has 8 heteroatoms. The van der Waals surface area contributed by atoms with Crippen LogP contribution in [0.3, 0.4) is 0 Å². The Morgan fingerprint density at radius 2 is 1.69 bits per heavy atom. The summed E-state index contributed by atoms with van der Waals surface area (Å²) in [6, 6.07) is 23.4. The molecule has 8 nitrogen and oxygen atoms in total. The molecule has 0 bridgehead atoms. The first-order valence-corrected chi connectivity index (χ1v) is 10.6. The summed E-state index contributed by atoms with van der Waals surface area (Å²) in [6.07, 6.45) is 1.43. The highest BCUT2D eigenvalue weighted by atomic mass is 16.6. The Bertz CT molecular complexity index is 1230. The zero-order valence-electron chi connectivity index (χ0n) is 19.3. The van der Waals surface area contributed by atoms with Crippen LogP contribution in [-0.2, 0) is 20.9 Å². The summed E-state index contributed by atoms with van der Waals surface area (Å²) in [5, 5.41) is 12.2. The van der Waals surface area contributed by atoms with Crippen molar-refractivity contribution in [1.82, 2.24) is 0 Å². The molecule has 1 N–H and O–H groups in total. The SMILES string of the molecule is COC(=O)COc1ccc(/C=C(\C#N)C(=O)Nc2ccc(OCc3ccccc3)cc2)cc1OC. The van der Waals surface area contributed by atoms with Crippen LogP contribution in [0.25, 0.3) is 6.08 Å². The predicted molar refractivity (Wildman–Crippen MR) is 130 cm³/mol. The van der Waals surface area contributed by atoms with Crippen molar-refractivity contribution in [3.63, 3.8) is 0 Å². The molecule has 35 heavy (non-hydrogen) atoms. The second-order valence-corrected chi connectivity index (χ2v) is 7.20. The van der Waals surface area contributed by atoms with Gasteiger partial charge in [-0.3, -0.25) is 4.79 Å². The minimum Gasteiger partial charge on any atom is -0.493 e. The number of hydrogen-bond acceptors (Lipinski definition) is 7. The van der Waals surface area contributed by atoms with Crippen molar-refractivity contribution in [2.45, 2.75) is 6.61 Å². The maximum Gasteiger partial charge on any atom is 0.343 e. The third-order valence-corrected chi connectivity index (χ3v) is 4.80. The van der Waals surface area contributed by atoms with Gasteiger partial charge in [-0.1, -0.05) is 36.4 Å². The average Bonchev–Trinajstić information content (AvgIpc) is 2.90. The van der Waals surface area contributed by atoms with Gasteiger partial charge in [-0.05, 0) is 53.6 Å². The van der Waals surface area contributed by atoms with Gasteiger partial charge in [-0.15, -0.1) is 0 Å². The largest absolute Gasteiger partial charge is 0.493 e. The molecule has 3 aromatic carbocycles. The zero-order chi connectivity index (χ0) is 25.0. The quantitative estimate of drug-likeness (QED) is 0.265. The number of nitrogens with zero attached hydrogens (tertiary/aromatic N) is 1. The number of esters is 1. The zero-order valence-corrected chi connectivity index (χ0v) is 19.3. The lowest BCUT2D eigenvalue weighted by atomic mass is 10.1. The van der Waals surface area contributed by atoms with E-state index in [4.69, 9.17) is 14.2 Å². The van der Waals surface area contributed by atoms with Crippen LogP contribution in [0.15, 0.2) is 78.4 Å². The Hall–Kier alpha value is -4.77. The van der Waals surface area contributed by atoms with Crippen molar-refractivity contribution < 1.29 is 28.5 Å². The Morgan fingerprint density at radius 3 is 2.34 bits per heavy atom. The monoisotopic (exact) mass is 472 g/mol. The Labute approximate surface area is 203 Å². The van der Waals surface area contributed by atoms with Gasteiger partial charge in [0.2, 0.25) is 0 Å². The molecule has 3 rings (SSSR count). The van der Waals surface area contributed by atoms with E-state index in [0.29, 0.717) is 35.1 Å². The number of methoxy groups -OCH3 is 2. The van der Waals surface area contributed by atoms with Gasteiger partial charge in [0, 0.05) is 5.69 Å². The fourth-order valence-corrected chi connectivity index (χ4v) is 2.98. The standard InChI is InChI=1S/C27H24N2O6/c1-32-25-15-20(8-13-24(25)35-18-26(30)33-2)14-21(16-28)27(31)29-22-9-11-23(12-10-22)34-17-19-6-4-3-5-7-19/h3-15H,17-18H2,1-2H3,(H,29,31)/b21-14+. The van der Waals surface area contributed by atoms with Crippen LogP contribution < -0.4 is 19.5 Å². The van der Waals surface area contributed by atoms with E-state index in [9.17, 15) is 14.9 Å². The van der Waals surface area contributed by atoms with Crippen LogP contribution in [-0.4, -0.2) is 32.7 Å². The van der Waals surface area contributed by atoms with Gasteiger partial charge in [0.1, 0.15) is 24.0 Å². The molecule has 0 atom stereocenters. The van der Waals surface area contributed by atoms with Gasteiger partial charge in [0.05, 0.1) is 14.2 Å². The van der Waals surface area contributed by atoms with Crippen LogP contribution in [0.1, 0.15) is 11.1 Å². The molecule has 0 fully saturated rings. The third-order valence-electron chi connectivity index (χ3n) is 4.80. The van der Waals surface area contributed by atoms with E-state index in [-0.39, 0.29) is 12.2 Å². The number of carbonyl (C=O) groups is 2. The van der Waals surface area contributed by atoms with Gasteiger partial charge < -0.3 is 24.3 Å². The number of rotatable bonds is 10. The number of ether oxygens (including phenoxy) is 4. The number of nitriles is 1. The van der Waals surface area contributed by atoms with Crippen molar-refractivity contribution in [3.8, 4) is 23.3 Å². The molecule has 0 saturated carbocycles. The van der Waals surface area contributed by atoms with Crippen molar-refractivity contribution in [2.24, 2.45) is 0 Å². The molecule has 0 aliphatic carbocycles. The first-order valence-electron chi connectivity index (χ1n) is 10.6. The highest BCUT2D eigenvalue weighted by Gasteiger charge is 2.12. The predicted octanol–water partition coefficient (Wildman–Crippen LogP) is 4.37. The summed E-state index contributed by atoms with van der Waals surface area (Å²) >= 11 is 0. The summed E-state index contributed by atoms with van der Waals surface area (Å²) in [7, 11) is 2.71. The summed E-state index contributed by atoms with van der Waals surface area (Å²) in [5.41, 5.74) is 2.02. The van der Waals surface area contributed by atoms with E-state index in [1.165, 1.54) is 20.3 Å². The smallest absolute Gasteiger partial charge is 0.343 e. The molecular weight excluding hydrogens is 448 g/mol. The fourth-order valence-electron chi connectivity index (χ4n) is 2.98. The summed E-state index contributed by atoms with van der Waals surface area (Å²) in [4.78, 5) is 23.9. The molecule has 0 radical (unpaired) electrons. The Morgan fingerprint density at radius 1 is 0.943 bits per heavy atom. The van der Waals surface area contributed by atoms with E-state index in [1.54, 1.807) is 42.5 Å². The van der Waals surface area contributed by atoms with Crippen molar-refractivity contribution in [1.29, 1.82) is 5.26 Å². The lowest BCUT2D eigenvalue weighted by molar-refractivity contribution is -0.142. The van der Waals surface area contributed by atoms with E-state index < -0.39 is 11.9 Å². The van der Waals surface area contributed by atoms with Gasteiger partial charge in [-0.2, -0.15) is 5.26 Å². The Kier molecular flexibility index (Phi) is 8.85. The van der Waals surface area contributed by atoms with Gasteiger partial charge in [0.25, 0.3) is 5.91 Å². The highest BCUT2D eigenvalue weighted by Crippen LogP contribution is 2.29. The van der Waals surface area contributed by atoms with Gasteiger partial charge in [-0.25, -0.2) is 4.79 Å². The maximum absolute atomic E-state index is 12.6. The van der Waals surface area contributed by atoms with Gasteiger partial charge in [0.15, 0.2) is 18.1 Å². The summed E-state index contributed by atoms with van der Waals surface area (Å²) in [5.74, 6) is 0.231. The maximum atomic E-state index is 12.6. The number of carbonyl (C=O) groups excluding carboxylic acids is 2. The molecule has 3 aromatic rings. The van der Waals surface area contributed by atoms with Gasteiger partial charge >= 0.3 is 5.97 Å². The highest BCUT2D eigenvalue weighted by molar-refractivity contribution is 6.09.